The number of halogens is 1. The number of benzene rings is 2. The molecular weight excluding hydrogens is 372 g/mol. The molecule has 1 aromatic heterocycles. The predicted molar refractivity (Wildman–Crippen MR) is 116 cm³/mol. The zero-order valence-electron chi connectivity index (χ0n) is 15.9. The van der Waals surface area contributed by atoms with Crippen LogP contribution in [0.25, 0.3) is 10.9 Å². The van der Waals surface area contributed by atoms with Crippen LogP contribution in [0, 0.1) is 0 Å². The highest BCUT2D eigenvalue weighted by Gasteiger charge is 2.19. The van der Waals surface area contributed by atoms with Crippen molar-refractivity contribution in [3.8, 4) is 0 Å². The van der Waals surface area contributed by atoms with Gasteiger partial charge in [0.25, 0.3) is 5.91 Å². The Labute approximate surface area is 171 Å². The molecule has 28 heavy (non-hydrogen) atoms. The number of amides is 1. The molecule has 1 fully saturated rings. The molecule has 2 N–H and O–H groups in total. The fraction of sp³-hybridized carbons (Fsp3) is 0.273. The highest BCUT2D eigenvalue weighted by atomic mass is 35.5. The normalized spacial score (nSPS) is 15.8. The van der Waals surface area contributed by atoms with Crippen LogP contribution in [-0.2, 0) is 6.54 Å². The Morgan fingerprint density at radius 2 is 2.00 bits per heavy atom. The van der Waals surface area contributed by atoms with Gasteiger partial charge in [-0.25, -0.2) is 0 Å². The molecule has 1 aliphatic rings. The molecule has 0 spiro atoms. The van der Waals surface area contributed by atoms with E-state index in [9.17, 15) is 4.79 Å². The molecule has 0 bridgehead atoms. The number of carbonyl (C=O) groups excluding carboxylic acids is 1. The van der Waals surface area contributed by atoms with E-state index in [1.165, 1.54) is 0 Å². The first kappa shape index (κ1) is 20.1. The van der Waals surface area contributed by atoms with E-state index in [-0.39, 0.29) is 18.3 Å². The molecule has 2 aromatic carbocycles. The Balaban J connectivity index is 0.00000225. The van der Waals surface area contributed by atoms with Crippen LogP contribution in [0.4, 0.5) is 5.69 Å². The second-order valence-electron chi connectivity index (χ2n) is 7.04. The average molecular weight is 397 g/mol. The standard InChI is InChI=1S/C22H24N4O.ClH/c1-26(15-16-6-3-2-4-7-16)22(27)19-9-10-20(25-17-11-13-23-14-17)18-8-5-12-24-21(18)19;/h2-10,12,17,23,25H,11,13-15H2,1H3;1H. The highest BCUT2D eigenvalue weighted by molar-refractivity contribution is 6.08. The van der Waals surface area contributed by atoms with Gasteiger partial charge in [-0.2, -0.15) is 0 Å². The molecule has 146 valence electrons. The van der Waals surface area contributed by atoms with Crippen LogP contribution in [0.15, 0.2) is 60.8 Å². The van der Waals surface area contributed by atoms with Crippen molar-refractivity contribution in [2.45, 2.75) is 19.0 Å². The molecule has 3 aromatic rings. The third kappa shape index (κ3) is 4.26. The second-order valence-corrected chi connectivity index (χ2v) is 7.04. The number of nitrogens with zero attached hydrogens (tertiary/aromatic N) is 2. The van der Waals surface area contributed by atoms with E-state index in [1.54, 1.807) is 11.1 Å². The van der Waals surface area contributed by atoms with Crippen molar-refractivity contribution >= 4 is 34.9 Å². The molecule has 5 nitrogen and oxygen atoms in total. The van der Waals surface area contributed by atoms with E-state index in [0.717, 1.165) is 41.7 Å². The first-order chi connectivity index (χ1) is 13.2. The first-order valence-electron chi connectivity index (χ1n) is 9.37. The molecule has 1 saturated heterocycles. The number of pyridine rings is 1. The van der Waals surface area contributed by atoms with Gasteiger partial charge in [-0.05, 0) is 42.8 Å². The smallest absolute Gasteiger partial charge is 0.256 e. The van der Waals surface area contributed by atoms with Gasteiger partial charge in [-0.3, -0.25) is 9.78 Å². The minimum absolute atomic E-state index is 0. The van der Waals surface area contributed by atoms with Crippen LogP contribution < -0.4 is 10.6 Å². The zero-order chi connectivity index (χ0) is 18.6. The lowest BCUT2D eigenvalue weighted by Crippen LogP contribution is -2.27. The Morgan fingerprint density at radius 3 is 2.75 bits per heavy atom. The molecule has 1 amide bonds. The van der Waals surface area contributed by atoms with Crippen LogP contribution in [0.3, 0.4) is 0 Å². The van der Waals surface area contributed by atoms with Crippen molar-refractivity contribution in [3.63, 3.8) is 0 Å². The summed E-state index contributed by atoms with van der Waals surface area (Å²) in [6, 6.07) is 18.3. The lowest BCUT2D eigenvalue weighted by Gasteiger charge is -2.20. The Bertz CT molecular complexity index is 942. The number of rotatable bonds is 5. The van der Waals surface area contributed by atoms with Gasteiger partial charge < -0.3 is 15.5 Å². The zero-order valence-corrected chi connectivity index (χ0v) is 16.7. The second kappa shape index (κ2) is 9.04. The summed E-state index contributed by atoms with van der Waals surface area (Å²) >= 11 is 0. The van der Waals surface area contributed by atoms with Gasteiger partial charge in [0.05, 0.1) is 11.1 Å². The molecule has 2 heterocycles. The maximum absolute atomic E-state index is 13.1. The van der Waals surface area contributed by atoms with Crippen LogP contribution >= 0.6 is 12.4 Å². The lowest BCUT2D eigenvalue weighted by molar-refractivity contribution is 0.0787. The highest BCUT2D eigenvalue weighted by Crippen LogP contribution is 2.27. The number of carbonyl (C=O) groups is 1. The van der Waals surface area contributed by atoms with Gasteiger partial charge in [0.1, 0.15) is 0 Å². The summed E-state index contributed by atoms with van der Waals surface area (Å²) in [5, 5.41) is 7.95. The van der Waals surface area contributed by atoms with E-state index >= 15 is 0 Å². The Kier molecular flexibility index (Phi) is 6.49. The summed E-state index contributed by atoms with van der Waals surface area (Å²) in [4.78, 5) is 19.3. The van der Waals surface area contributed by atoms with E-state index in [2.05, 4.69) is 15.6 Å². The molecule has 0 saturated carbocycles. The Morgan fingerprint density at radius 1 is 1.18 bits per heavy atom. The van der Waals surface area contributed by atoms with E-state index in [1.807, 2.05) is 61.6 Å². The summed E-state index contributed by atoms with van der Waals surface area (Å²) in [6.07, 6.45) is 2.85. The van der Waals surface area contributed by atoms with Crippen molar-refractivity contribution in [3.05, 3.63) is 71.9 Å². The van der Waals surface area contributed by atoms with Gasteiger partial charge >= 0.3 is 0 Å². The predicted octanol–water partition coefficient (Wildman–Crippen LogP) is 3.70. The quantitative estimate of drug-likeness (QED) is 0.690. The number of nitrogens with one attached hydrogen (secondary N) is 2. The largest absolute Gasteiger partial charge is 0.380 e. The molecule has 0 radical (unpaired) electrons. The van der Waals surface area contributed by atoms with Gasteiger partial charge in [-0.1, -0.05) is 30.3 Å². The van der Waals surface area contributed by atoms with Crippen LogP contribution in [-0.4, -0.2) is 42.0 Å². The summed E-state index contributed by atoms with van der Waals surface area (Å²) in [7, 11) is 1.83. The van der Waals surface area contributed by atoms with Crippen LogP contribution in [0.1, 0.15) is 22.3 Å². The lowest BCUT2D eigenvalue weighted by atomic mass is 10.1. The van der Waals surface area contributed by atoms with Crippen molar-refractivity contribution < 1.29 is 4.79 Å². The van der Waals surface area contributed by atoms with Gasteiger partial charge in [0, 0.05) is 43.4 Å². The maximum atomic E-state index is 13.1. The average Bonchev–Trinajstić information content (AvgIpc) is 3.22. The summed E-state index contributed by atoms with van der Waals surface area (Å²) in [5.41, 5.74) is 3.53. The molecule has 4 rings (SSSR count). The number of hydrogen-bond donors (Lipinski definition) is 2. The maximum Gasteiger partial charge on any atom is 0.256 e. The minimum atomic E-state index is -0.0170. The topological polar surface area (TPSA) is 57.3 Å². The van der Waals surface area contributed by atoms with Gasteiger partial charge in [0.2, 0.25) is 0 Å². The Hall–Kier alpha value is -2.63. The van der Waals surface area contributed by atoms with Gasteiger partial charge in [-0.15, -0.1) is 12.4 Å². The number of fused-ring (bicyclic) bond motifs is 1. The number of anilines is 1. The van der Waals surface area contributed by atoms with Crippen molar-refractivity contribution in [2.24, 2.45) is 0 Å². The first-order valence-corrected chi connectivity index (χ1v) is 9.37. The molecule has 6 heteroatoms. The van der Waals surface area contributed by atoms with Crippen LogP contribution in [0.5, 0.6) is 0 Å². The third-order valence-electron chi connectivity index (χ3n) is 5.03. The van der Waals surface area contributed by atoms with E-state index in [0.29, 0.717) is 18.2 Å². The summed E-state index contributed by atoms with van der Waals surface area (Å²) in [6.45, 7) is 2.57. The van der Waals surface area contributed by atoms with Crippen molar-refractivity contribution in [1.29, 1.82) is 0 Å². The number of aromatic nitrogens is 1. The molecule has 0 aliphatic carbocycles. The molecule has 1 unspecified atom stereocenters. The fourth-order valence-corrected chi connectivity index (χ4v) is 3.60. The monoisotopic (exact) mass is 396 g/mol. The van der Waals surface area contributed by atoms with Crippen molar-refractivity contribution in [2.75, 3.05) is 25.5 Å². The molecular formula is C22H25ClN4O. The van der Waals surface area contributed by atoms with Crippen molar-refractivity contribution in [1.82, 2.24) is 15.2 Å². The summed E-state index contributed by atoms with van der Waals surface area (Å²) in [5.74, 6) is -0.0170. The molecule has 1 atom stereocenters. The third-order valence-corrected chi connectivity index (χ3v) is 5.03. The van der Waals surface area contributed by atoms with Crippen LogP contribution in [0.2, 0.25) is 0 Å². The summed E-state index contributed by atoms with van der Waals surface area (Å²) < 4.78 is 0. The van der Waals surface area contributed by atoms with Gasteiger partial charge in [0.15, 0.2) is 0 Å². The SMILES string of the molecule is CN(Cc1ccccc1)C(=O)c1ccc(NC2CCNC2)c2cccnc12.Cl. The molecule has 1 aliphatic heterocycles. The van der Waals surface area contributed by atoms with E-state index in [4.69, 9.17) is 0 Å². The number of hydrogen-bond acceptors (Lipinski definition) is 4. The minimum Gasteiger partial charge on any atom is -0.380 e. The fourth-order valence-electron chi connectivity index (χ4n) is 3.60. The van der Waals surface area contributed by atoms with E-state index < -0.39 is 0 Å².